The predicted molar refractivity (Wildman–Crippen MR) is 146 cm³/mol. The van der Waals surface area contributed by atoms with E-state index in [0.717, 1.165) is 50.4 Å². The maximum absolute atomic E-state index is 5.50. The average Bonchev–Trinajstić information content (AvgIpc) is 2.86. The number of hydrogen-bond acceptors (Lipinski definition) is 7. The number of nitrogens with one attached hydrogen (secondary N) is 1. The van der Waals surface area contributed by atoms with Crippen LogP contribution in [0.4, 0.5) is 0 Å². The molecular weight excluding hydrogens is 464 g/mol. The molecule has 196 valence electrons. The second-order valence-electron chi connectivity index (χ2n) is 8.37. The van der Waals surface area contributed by atoms with Gasteiger partial charge in [-0.15, -0.1) is 0 Å². The fourth-order valence-electron chi connectivity index (χ4n) is 2.98. The van der Waals surface area contributed by atoms with E-state index in [1.165, 1.54) is 11.8 Å². The summed E-state index contributed by atoms with van der Waals surface area (Å²) in [5.41, 5.74) is 2.42. The van der Waals surface area contributed by atoms with Gasteiger partial charge < -0.3 is 32.7 Å². The van der Waals surface area contributed by atoms with Crippen LogP contribution < -0.4 is 5.32 Å². The minimum atomic E-state index is -1.91. The van der Waals surface area contributed by atoms with E-state index in [-0.39, 0.29) is 0 Å². The van der Waals surface area contributed by atoms with Crippen LogP contribution in [0.5, 0.6) is 0 Å². The summed E-state index contributed by atoms with van der Waals surface area (Å²) in [7, 11) is 3.02. The van der Waals surface area contributed by atoms with Crippen molar-refractivity contribution in [3.63, 3.8) is 0 Å². The zero-order valence-electron chi connectivity index (χ0n) is 22.5. The maximum atomic E-state index is 5.50. The van der Waals surface area contributed by atoms with Gasteiger partial charge in [-0.1, -0.05) is 43.5 Å². The SMILES string of the molecule is C=C(C)N(CCNCCC[Si](C)(OC)OC)Cc1ccccc1.C=COCC[Si](C)(OC)OC. The Labute approximate surface area is 210 Å². The van der Waals surface area contributed by atoms with Crippen molar-refractivity contribution in [2.75, 3.05) is 54.7 Å². The molecule has 0 heterocycles. The standard InChI is InChI=1S/C18H32N2O2Si.C7H16O3Si/c1-17(2)20(16-18-10-7-6-8-11-18)14-13-19-12-9-15-23(5,21-3)22-4;1-5-10-6-7-11(4,8-2)9-3/h6-8,10-11,19H,1,9,12-16H2,2-5H3;5H,1,6-7H2,2-4H3. The van der Waals surface area contributed by atoms with Crippen LogP contribution in [0.1, 0.15) is 18.9 Å². The third-order valence-corrected chi connectivity index (χ3v) is 11.6. The summed E-state index contributed by atoms with van der Waals surface area (Å²) in [6.45, 7) is 18.2. The fourth-order valence-corrected chi connectivity index (χ4v) is 5.44. The van der Waals surface area contributed by atoms with Crippen molar-refractivity contribution in [1.82, 2.24) is 10.2 Å². The molecular formula is C25H48N2O5Si2. The topological polar surface area (TPSA) is 61.4 Å². The Morgan fingerprint density at radius 3 is 2.00 bits per heavy atom. The molecule has 9 heteroatoms. The van der Waals surface area contributed by atoms with E-state index in [0.29, 0.717) is 6.61 Å². The molecule has 0 unspecified atom stereocenters. The summed E-state index contributed by atoms with van der Waals surface area (Å²) in [5.74, 6) is 0. The third-order valence-electron chi connectivity index (χ3n) is 5.82. The second-order valence-corrected chi connectivity index (χ2v) is 15.5. The van der Waals surface area contributed by atoms with Crippen LogP contribution in [0, 0.1) is 0 Å². The number of rotatable bonds is 18. The molecule has 1 rings (SSSR count). The van der Waals surface area contributed by atoms with Gasteiger partial charge in [-0.05, 0) is 44.6 Å². The molecule has 0 bridgehead atoms. The lowest BCUT2D eigenvalue weighted by molar-refractivity contribution is 0.217. The molecule has 0 amide bonds. The minimum absolute atomic E-state index is 0.619. The molecule has 0 saturated carbocycles. The van der Waals surface area contributed by atoms with Crippen molar-refractivity contribution in [1.29, 1.82) is 0 Å². The van der Waals surface area contributed by atoms with Crippen molar-refractivity contribution in [2.24, 2.45) is 0 Å². The lowest BCUT2D eigenvalue weighted by atomic mass is 10.2. The highest BCUT2D eigenvalue weighted by Gasteiger charge is 2.28. The zero-order chi connectivity index (χ0) is 25.9. The van der Waals surface area contributed by atoms with E-state index in [4.69, 9.17) is 22.4 Å². The van der Waals surface area contributed by atoms with Crippen molar-refractivity contribution in [3.05, 3.63) is 61.0 Å². The smallest absolute Gasteiger partial charge is 0.337 e. The third kappa shape index (κ3) is 14.7. The van der Waals surface area contributed by atoms with Gasteiger partial charge in [0.05, 0.1) is 12.9 Å². The summed E-state index contributed by atoms with van der Waals surface area (Å²) in [6.07, 6.45) is 2.51. The molecule has 0 aromatic heterocycles. The number of hydrogen-bond donors (Lipinski definition) is 1. The van der Waals surface area contributed by atoms with E-state index in [1.54, 1.807) is 28.4 Å². The lowest BCUT2D eigenvalue weighted by Gasteiger charge is -2.25. The summed E-state index contributed by atoms with van der Waals surface area (Å²) >= 11 is 0. The van der Waals surface area contributed by atoms with Crippen LogP contribution in [-0.4, -0.2) is 76.7 Å². The first-order chi connectivity index (χ1) is 16.2. The highest BCUT2D eigenvalue weighted by Crippen LogP contribution is 2.13. The lowest BCUT2D eigenvalue weighted by Crippen LogP contribution is -2.37. The molecule has 1 aromatic carbocycles. The van der Waals surface area contributed by atoms with Gasteiger partial charge in [-0.3, -0.25) is 0 Å². The van der Waals surface area contributed by atoms with Gasteiger partial charge in [0.25, 0.3) is 0 Å². The van der Waals surface area contributed by atoms with Gasteiger partial charge >= 0.3 is 17.1 Å². The van der Waals surface area contributed by atoms with Crippen molar-refractivity contribution < 1.29 is 22.4 Å². The number of nitrogens with zero attached hydrogens (tertiary/aromatic N) is 1. The first-order valence-corrected chi connectivity index (χ1v) is 16.8. The maximum Gasteiger partial charge on any atom is 0.337 e. The molecule has 0 aliphatic heterocycles. The molecule has 1 aromatic rings. The second kappa shape index (κ2) is 18.8. The Balaban J connectivity index is 0.000000833. The van der Waals surface area contributed by atoms with Crippen LogP contribution in [0.3, 0.4) is 0 Å². The normalized spacial score (nSPS) is 11.4. The molecule has 34 heavy (non-hydrogen) atoms. The van der Waals surface area contributed by atoms with Crippen LogP contribution in [0.2, 0.25) is 25.2 Å². The summed E-state index contributed by atoms with van der Waals surface area (Å²) in [4.78, 5) is 2.31. The van der Waals surface area contributed by atoms with Gasteiger partial charge in [0.15, 0.2) is 0 Å². The van der Waals surface area contributed by atoms with E-state index in [9.17, 15) is 0 Å². The Hall–Kier alpha value is -1.47. The van der Waals surface area contributed by atoms with Crippen molar-refractivity contribution >= 4 is 17.1 Å². The Morgan fingerprint density at radius 2 is 1.50 bits per heavy atom. The number of allylic oxidation sites excluding steroid dienone is 1. The van der Waals surface area contributed by atoms with Gasteiger partial charge in [0.2, 0.25) is 0 Å². The number of benzene rings is 1. The highest BCUT2D eigenvalue weighted by molar-refractivity contribution is 6.66. The molecule has 7 nitrogen and oxygen atoms in total. The van der Waals surface area contributed by atoms with Crippen LogP contribution in [0.25, 0.3) is 0 Å². The van der Waals surface area contributed by atoms with Crippen molar-refractivity contribution in [2.45, 2.75) is 45.1 Å². The highest BCUT2D eigenvalue weighted by atomic mass is 28.4. The van der Waals surface area contributed by atoms with E-state index in [1.807, 2.05) is 12.6 Å². The van der Waals surface area contributed by atoms with E-state index < -0.39 is 17.1 Å². The Bertz CT molecular complexity index is 656. The summed E-state index contributed by atoms with van der Waals surface area (Å²) < 4.78 is 26.4. The zero-order valence-corrected chi connectivity index (χ0v) is 24.5. The van der Waals surface area contributed by atoms with Gasteiger partial charge in [-0.2, -0.15) is 0 Å². The molecule has 0 atom stereocenters. The van der Waals surface area contributed by atoms with Gasteiger partial charge in [0, 0.05) is 59.8 Å². The summed E-state index contributed by atoms with van der Waals surface area (Å²) in [5, 5.41) is 3.51. The van der Waals surface area contributed by atoms with Crippen LogP contribution in [-0.2, 0) is 29.0 Å². The first kappa shape index (κ1) is 32.5. The van der Waals surface area contributed by atoms with E-state index in [2.05, 4.69) is 61.1 Å². The molecule has 0 saturated heterocycles. The Morgan fingerprint density at radius 1 is 0.941 bits per heavy atom. The quantitative estimate of drug-likeness (QED) is 0.171. The number of ether oxygens (including phenoxy) is 1. The van der Waals surface area contributed by atoms with E-state index >= 15 is 0 Å². The molecule has 0 aliphatic rings. The first-order valence-electron chi connectivity index (χ1n) is 11.8. The fraction of sp³-hybridized carbons (Fsp3) is 0.600. The minimum Gasteiger partial charge on any atom is -0.502 e. The molecule has 0 fully saturated rings. The van der Waals surface area contributed by atoms with Gasteiger partial charge in [-0.25, -0.2) is 0 Å². The van der Waals surface area contributed by atoms with Gasteiger partial charge in [0.1, 0.15) is 0 Å². The van der Waals surface area contributed by atoms with Crippen molar-refractivity contribution in [3.8, 4) is 0 Å². The van der Waals surface area contributed by atoms with Crippen LogP contribution in [0.15, 0.2) is 55.4 Å². The predicted octanol–water partition coefficient (Wildman–Crippen LogP) is 4.88. The molecule has 1 N–H and O–H groups in total. The summed E-state index contributed by atoms with van der Waals surface area (Å²) in [6, 6.07) is 12.4. The largest absolute Gasteiger partial charge is 0.502 e. The Kier molecular flexibility index (Phi) is 18.0. The monoisotopic (exact) mass is 512 g/mol. The molecule has 0 aliphatic carbocycles. The molecule has 0 spiro atoms. The van der Waals surface area contributed by atoms with Crippen LogP contribution >= 0.6 is 0 Å². The molecule has 0 radical (unpaired) electrons. The average molecular weight is 513 g/mol.